The van der Waals surface area contributed by atoms with Crippen molar-refractivity contribution in [2.75, 3.05) is 0 Å². The van der Waals surface area contributed by atoms with Gasteiger partial charge in [0.05, 0.1) is 0 Å². The third-order valence-electron chi connectivity index (χ3n) is 4.60. The fourth-order valence-electron chi connectivity index (χ4n) is 3.37. The summed E-state index contributed by atoms with van der Waals surface area (Å²) >= 11 is 0. The summed E-state index contributed by atoms with van der Waals surface area (Å²) in [7, 11) is 0. The molecule has 2 heteroatoms. The lowest BCUT2D eigenvalue weighted by molar-refractivity contribution is -0.121. The van der Waals surface area contributed by atoms with Gasteiger partial charge in [-0.15, -0.1) is 0 Å². The van der Waals surface area contributed by atoms with Crippen LogP contribution in [0.1, 0.15) is 69.8 Å². The molecule has 1 saturated carbocycles. The van der Waals surface area contributed by atoms with E-state index in [1.165, 1.54) is 31.2 Å². The zero-order valence-electron chi connectivity index (χ0n) is 12.5. The van der Waals surface area contributed by atoms with Gasteiger partial charge in [0, 0.05) is 12.8 Å². The summed E-state index contributed by atoms with van der Waals surface area (Å²) < 4.78 is 0. The predicted molar refractivity (Wildman–Crippen MR) is 82.0 cm³/mol. The van der Waals surface area contributed by atoms with Gasteiger partial charge in [0.15, 0.2) is 0 Å². The van der Waals surface area contributed by atoms with Crippen molar-refractivity contribution in [3.63, 3.8) is 0 Å². The highest BCUT2D eigenvalue weighted by Crippen LogP contribution is 2.38. The lowest BCUT2D eigenvalue weighted by Crippen LogP contribution is -2.20. The maximum atomic E-state index is 11.4. The Bertz CT molecular complexity index is 412. The molecular weight excluding hydrogens is 248 g/mol. The molecule has 110 valence electrons. The van der Waals surface area contributed by atoms with Crippen molar-refractivity contribution in [2.24, 2.45) is 5.92 Å². The van der Waals surface area contributed by atoms with Gasteiger partial charge in [0.1, 0.15) is 11.5 Å². The first kappa shape index (κ1) is 15.1. The van der Waals surface area contributed by atoms with Crippen molar-refractivity contribution in [1.29, 1.82) is 0 Å². The van der Waals surface area contributed by atoms with Crippen LogP contribution in [0, 0.1) is 5.92 Å². The number of hydrogen-bond acceptors (Lipinski definition) is 2. The average molecular weight is 274 g/mol. The zero-order chi connectivity index (χ0) is 14.4. The van der Waals surface area contributed by atoms with Gasteiger partial charge >= 0.3 is 0 Å². The SMILES string of the molecule is CCCCCC(c1ccc(O)cc1)C1CCC(=O)CC1. The molecule has 1 fully saturated rings. The van der Waals surface area contributed by atoms with Gasteiger partial charge in [-0.05, 0) is 48.8 Å². The Morgan fingerprint density at radius 3 is 2.40 bits per heavy atom. The van der Waals surface area contributed by atoms with Crippen LogP contribution >= 0.6 is 0 Å². The van der Waals surface area contributed by atoms with E-state index in [-0.39, 0.29) is 0 Å². The van der Waals surface area contributed by atoms with E-state index < -0.39 is 0 Å². The number of benzene rings is 1. The first-order valence-electron chi connectivity index (χ1n) is 8.01. The molecule has 2 rings (SSSR count). The van der Waals surface area contributed by atoms with Gasteiger partial charge in [0.2, 0.25) is 0 Å². The third-order valence-corrected chi connectivity index (χ3v) is 4.60. The molecule has 0 aliphatic heterocycles. The largest absolute Gasteiger partial charge is 0.508 e. The summed E-state index contributed by atoms with van der Waals surface area (Å²) in [6.07, 6.45) is 8.57. The second-order valence-corrected chi connectivity index (χ2v) is 6.07. The van der Waals surface area contributed by atoms with E-state index in [4.69, 9.17) is 0 Å². The Balaban J connectivity index is 2.07. The van der Waals surface area contributed by atoms with Gasteiger partial charge in [-0.25, -0.2) is 0 Å². The lowest BCUT2D eigenvalue weighted by atomic mass is 9.74. The molecule has 0 radical (unpaired) electrons. The summed E-state index contributed by atoms with van der Waals surface area (Å²) in [6, 6.07) is 7.69. The quantitative estimate of drug-likeness (QED) is 0.755. The minimum absolute atomic E-state index is 0.333. The molecule has 1 aromatic rings. The summed E-state index contributed by atoms with van der Waals surface area (Å²) in [5.74, 6) is 1.95. The molecular formula is C18H26O2. The van der Waals surface area contributed by atoms with Crippen LogP contribution < -0.4 is 0 Å². The highest BCUT2D eigenvalue weighted by atomic mass is 16.3. The Morgan fingerprint density at radius 1 is 1.15 bits per heavy atom. The summed E-state index contributed by atoms with van der Waals surface area (Å²) in [5, 5.41) is 9.45. The van der Waals surface area contributed by atoms with Gasteiger partial charge in [-0.1, -0.05) is 38.3 Å². The molecule has 0 bridgehead atoms. The van der Waals surface area contributed by atoms with Gasteiger partial charge < -0.3 is 5.11 Å². The first-order chi connectivity index (χ1) is 9.70. The number of ketones is 1. The Kier molecular flexibility index (Phi) is 5.63. The molecule has 1 atom stereocenters. The molecule has 1 aliphatic rings. The van der Waals surface area contributed by atoms with Crippen LogP contribution in [0.4, 0.5) is 0 Å². The van der Waals surface area contributed by atoms with Crippen molar-refractivity contribution < 1.29 is 9.90 Å². The molecule has 1 N–H and O–H groups in total. The zero-order valence-corrected chi connectivity index (χ0v) is 12.5. The molecule has 0 heterocycles. The normalized spacial score (nSPS) is 18.1. The molecule has 1 unspecified atom stereocenters. The van der Waals surface area contributed by atoms with Crippen LogP contribution in [-0.4, -0.2) is 10.9 Å². The highest BCUT2D eigenvalue weighted by molar-refractivity contribution is 5.79. The number of phenols is 1. The molecule has 20 heavy (non-hydrogen) atoms. The topological polar surface area (TPSA) is 37.3 Å². The predicted octanol–water partition coefficient (Wildman–Crippen LogP) is 4.82. The van der Waals surface area contributed by atoms with E-state index in [2.05, 4.69) is 19.1 Å². The molecule has 0 amide bonds. The Morgan fingerprint density at radius 2 is 1.80 bits per heavy atom. The van der Waals surface area contributed by atoms with Crippen LogP contribution in [0.15, 0.2) is 24.3 Å². The van der Waals surface area contributed by atoms with E-state index in [1.54, 1.807) is 12.1 Å². The van der Waals surface area contributed by atoms with E-state index in [1.807, 2.05) is 0 Å². The van der Waals surface area contributed by atoms with E-state index in [0.717, 1.165) is 25.7 Å². The highest BCUT2D eigenvalue weighted by Gasteiger charge is 2.27. The van der Waals surface area contributed by atoms with Crippen molar-refractivity contribution in [1.82, 2.24) is 0 Å². The molecule has 0 aromatic heterocycles. The molecule has 2 nitrogen and oxygen atoms in total. The van der Waals surface area contributed by atoms with Crippen LogP contribution in [0.2, 0.25) is 0 Å². The molecule has 0 spiro atoms. The number of carbonyl (C=O) groups excluding carboxylic acids is 1. The second-order valence-electron chi connectivity index (χ2n) is 6.07. The minimum Gasteiger partial charge on any atom is -0.508 e. The Hall–Kier alpha value is -1.31. The second kappa shape index (κ2) is 7.47. The standard InChI is InChI=1S/C18H26O2/c1-2-3-4-5-18(14-6-10-16(19)11-7-14)15-8-12-17(20)13-9-15/h6-7,10-11,15,18-19H,2-5,8-9,12-13H2,1H3. The maximum Gasteiger partial charge on any atom is 0.132 e. The number of carbonyl (C=O) groups is 1. The van der Waals surface area contributed by atoms with Crippen molar-refractivity contribution in [3.05, 3.63) is 29.8 Å². The smallest absolute Gasteiger partial charge is 0.132 e. The van der Waals surface area contributed by atoms with Crippen LogP contribution in [0.5, 0.6) is 5.75 Å². The van der Waals surface area contributed by atoms with Crippen LogP contribution in [-0.2, 0) is 4.79 Å². The monoisotopic (exact) mass is 274 g/mol. The number of Topliss-reactive ketones (excluding diaryl/α,β-unsaturated/α-hetero) is 1. The fraction of sp³-hybridized carbons (Fsp3) is 0.611. The molecule has 1 aromatic carbocycles. The fourth-order valence-corrected chi connectivity index (χ4v) is 3.37. The summed E-state index contributed by atoms with van der Waals surface area (Å²) in [5.41, 5.74) is 1.33. The summed E-state index contributed by atoms with van der Waals surface area (Å²) in [4.78, 5) is 11.4. The number of phenolic OH excluding ortho intramolecular Hbond substituents is 1. The van der Waals surface area contributed by atoms with E-state index in [9.17, 15) is 9.90 Å². The van der Waals surface area contributed by atoms with Crippen molar-refractivity contribution in [3.8, 4) is 5.75 Å². The van der Waals surface area contributed by atoms with Gasteiger partial charge in [-0.3, -0.25) is 4.79 Å². The van der Waals surface area contributed by atoms with E-state index in [0.29, 0.717) is 23.4 Å². The number of unbranched alkanes of at least 4 members (excludes halogenated alkanes) is 2. The number of hydrogen-bond donors (Lipinski definition) is 1. The van der Waals surface area contributed by atoms with E-state index >= 15 is 0 Å². The number of rotatable bonds is 6. The maximum absolute atomic E-state index is 11.4. The number of aromatic hydroxyl groups is 1. The van der Waals surface area contributed by atoms with Crippen LogP contribution in [0.3, 0.4) is 0 Å². The first-order valence-corrected chi connectivity index (χ1v) is 8.01. The van der Waals surface area contributed by atoms with Gasteiger partial charge in [-0.2, -0.15) is 0 Å². The summed E-state index contributed by atoms with van der Waals surface area (Å²) in [6.45, 7) is 2.23. The molecule has 0 saturated heterocycles. The Labute approximate surface area is 122 Å². The van der Waals surface area contributed by atoms with Gasteiger partial charge in [0.25, 0.3) is 0 Å². The minimum atomic E-state index is 0.333. The lowest BCUT2D eigenvalue weighted by Gasteiger charge is -2.30. The third kappa shape index (κ3) is 4.09. The van der Waals surface area contributed by atoms with Crippen molar-refractivity contribution >= 4 is 5.78 Å². The average Bonchev–Trinajstić information content (AvgIpc) is 2.46. The van der Waals surface area contributed by atoms with Crippen molar-refractivity contribution in [2.45, 2.75) is 64.2 Å². The molecule has 1 aliphatic carbocycles. The van der Waals surface area contributed by atoms with Crippen LogP contribution in [0.25, 0.3) is 0 Å².